The molecule has 0 unspecified atom stereocenters. The van der Waals surface area contributed by atoms with Crippen molar-refractivity contribution in [2.75, 3.05) is 20.2 Å². The summed E-state index contributed by atoms with van der Waals surface area (Å²) in [6.07, 6.45) is 5.41. The highest BCUT2D eigenvalue weighted by Crippen LogP contribution is 2.38. The molecule has 0 radical (unpaired) electrons. The second kappa shape index (κ2) is 7.81. The molecule has 7 heteroatoms. The fourth-order valence-corrected chi connectivity index (χ4v) is 2.53. The molecule has 2 amide bonds. The van der Waals surface area contributed by atoms with Gasteiger partial charge < -0.3 is 19.9 Å². The van der Waals surface area contributed by atoms with E-state index in [9.17, 15) is 14.4 Å². The van der Waals surface area contributed by atoms with Crippen molar-refractivity contribution in [1.82, 2.24) is 15.2 Å². The summed E-state index contributed by atoms with van der Waals surface area (Å²) in [5.74, 6) is -1.44. The maximum atomic E-state index is 11.7. The van der Waals surface area contributed by atoms with E-state index in [0.717, 1.165) is 11.3 Å². The molecule has 2 N–H and O–H groups in total. The van der Waals surface area contributed by atoms with Gasteiger partial charge in [0, 0.05) is 30.6 Å². The van der Waals surface area contributed by atoms with Crippen molar-refractivity contribution in [2.24, 2.45) is 0 Å². The van der Waals surface area contributed by atoms with Gasteiger partial charge in [-0.25, -0.2) is 4.79 Å². The molecule has 1 aromatic heterocycles. The predicted octanol–water partition coefficient (Wildman–Crippen LogP) is 0.858. The van der Waals surface area contributed by atoms with Gasteiger partial charge in [-0.15, -0.1) is 0 Å². The zero-order chi connectivity index (χ0) is 17.7. The Morgan fingerprint density at radius 1 is 1.29 bits per heavy atom. The number of hydrogen-bond acceptors (Lipinski definition) is 4. The average molecular weight is 333 g/mol. The molecule has 1 aromatic rings. The number of aryl methyl sites for hydroxylation is 1. The molecular formula is C17H23N3O4. The molecule has 1 fully saturated rings. The van der Waals surface area contributed by atoms with Gasteiger partial charge >= 0.3 is 5.97 Å². The molecule has 0 bridgehead atoms. The van der Waals surface area contributed by atoms with Gasteiger partial charge in [-0.05, 0) is 44.4 Å². The Morgan fingerprint density at radius 2 is 2.00 bits per heavy atom. The van der Waals surface area contributed by atoms with Gasteiger partial charge in [0.1, 0.15) is 0 Å². The molecule has 0 spiro atoms. The first-order valence-corrected chi connectivity index (χ1v) is 7.93. The minimum absolute atomic E-state index is 0.143. The fourth-order valence-electron chi connectivity index (χ4n) is 2.53. The highest BCUT2D eigenvalue weighted by atomic mass is 16.5. The van der Waals surface area contributed by atoms with Crippen LogP contribution in [0.15, 0.2) is 12.1 Å². The van der Waals surface area contributed by atoms with Gasteiger partial charge in [-0.2, -0.15) is 0 Å². The fraction of sp³-hybridized carbons (Fsp3) is 0.471. The molecule has 130 valence electrons. The van der Waals surface area contributed by atoms with Crippen LogP contribution in [0.2, 0.25) is 0 Å². The molecule has 1 aliphatic carbocycles. The zero-order valence-electron chi connectivity index (χ0n) is 14.2. The Labute approximate surface area is 141 Å². The lowest BCUT2D eigenvalue weighted by atomic mass is 10.2. The van der Waals surface area contributed by atoms with Crippen LogP contribution in [0.4, 0.5) is 0 Å². The minimum atomic E-state index is -0.596. The molecule has 0 atom stereocenters. The number of nitrogens with zero attached hydrogens (tertiary/aromatic N) is 1. The number of ether oxygens (including phenoxy) is 1. The van der Waals surface area contributed by atoms with Crippen molar-refractivity contribution < 1.29 is 19.1 Å². The first kappa shape index (κ1) is 17.8. The normalized spacial score (nSPS) is 13.8. The summed E-state index contributed by atoms with van der Waals surface area (Å²) in [5, 5.41) is 4.72. The highest BCUT2D eigenvalue weighted by Gasteiger charge is 2.26. The smallest absolute Gasteiger partial charge is 0.331 e. The SMILES string of the molecule is CNC(=O)CNC(=O)COC(=O)/C=C/c1cc(C)n(C2CC2)c1C. The van der Waals surface area contributed by atoms with Gasteiger partial charge in [0.25, 0.3) is 5.91 Å². The summed E-state index contributed by atoms with van der Waals surface area (Å²) in [6, 6.07) is 2.62. The van der Waals surface area contributed by atoms with Crippen molar-refractivity contribution in [3.8, 4) is 0 Å². The predicted molar refractivity (Wildman–Crippen MR) is 89.2 cm³/mol. The van der Waals surface area contributed by atoms with E-state index < -0.39 is 18.5 Å². The first-order valence-electron chi connectivity index (χ1n) is 7.93. The molecule has 2 rings (SSSR count). The van der Waals surface area contributed by atoms with Crippen molar-refractivity contribution in [3.05, 3.63) is 29.1 Å². The number of carbonyl (C=O) groups excluding carboxylic acids is 3. The van der Waals surface area contributed by atoms with Crippen LogP contribution >= 0.6 is 0 Å². The summed E-state index contributed by atoms with van der Waals surface area (Å²) in [6.45, 7) is 3.53. The van der Waals surface area contributed by atoms with Crippen LogP contribution in [-0.2, 0) is 19.1 Å². The van der Waals surface area contributed by atoms with E-state index in [4.69, 9.17) is 4.74 Å². The number of hydrogen-bond donors (Lipinski definition) is 2. The zero-order valence-corrected chi connectivity index (χ0v) is 14.2. The molecule has 0 saturated heterocycles. The topological polar surface area (TPSA) is 89.4 Å². The quantitative estimate of drug-likeness (QED) is 0.572. The average Bonchev–Trinajstić information content (AvgIpc) is 3.34. The molecular weight excluding hydrogens is 310 g/mol. The third-order valence-electron chi connectivity index (χ3n) is 3.90. The summed E-state index contributed by atoms with van der Waals surface area (Å²) in [7, 11) is 1.47. The third kappa shape index (κ3) is 4.71. The van der Waals surface area contributed by atoms with Crippen LogP contribution in [0, 0.1) is 13.8 Å². The number of rotatable bonds is 7. The number of likely N-dealkylation sites (N-methyl/N-ethyl adjacent to an activating group) is 1. The number of esters is 1. The van der Waals surface area contributed by atoms with Crippen molar-refractivity contribution in [2.45, 2.75) is 32.7 Å². The Bertz CT molecular complexity index is 672. The molecule has 1 saturated carbocycles. The molecule has 1 heterocycles. The molecule has 24 heavy (non-hydrogen) atoms. The summed E-state index contributed by atoms with van der Waals surface area (Å²) < 4.78 is 7.14. The maximum absolute atomic E-state index is 11.7. The van der Waals surface area contributed by atoms with Crippen LogP contribution in [-0.4, -0.2) is 42.6 Å². The van der Waals surface area contributed by atoms with Crippen LogP contribution < -0.4 is 10.6 Å². The first-order chi connectivity index (χ1) is 11.4. The van der Waals surface area contributed by atoms with Crippen LogP contribution in [0.5, 0.6) is 0 Å². The molecule has 0 aromatic carbocycles. The van der Waals surface area contributed by atoms with Crippen molar-refractivity contribution in [1.29, 1.82) is 0 Å². The lowest BCUT2D eigenvalue weighted by molar-refractivity contribution is -0.143. The summed E-state index contributed by atoms with van der Waals surface area (Å²) >= 11 is 0. The van der Waals surface area contributed by atoms with Crippen molar-refractivity contribution >= 4 is 23.9 Å². The summed E-state index contributed by atoms with van der Waals surface area (Å²) in [4.78, 5) is 34.1. The van der Waals surface area contributed by atoms with E-state index in [1.165, 1.54) is 31.7 Å². The van der Waals surface area contributed by atoms with E-state index in [2.05, 4.69) is 22.1 Å². The van der Waals surface area contributed by atoms with Crippen LogP contribution in [0.3, 0.4) is 0 Å². The van der Waals surface area contributed by atoms with Gasteiger partial charge in [0.05, 0.1) is 6.54 Å². The highest BCUT2D eigenvalue weighted by molar-refractivity contribution is 5.90. The number of aromatic nitrogens is 1. The van der Waals surface area contributed by atoms with E-state index in [-0.39, 0.29) is 12.5 Å². The van der Waals surface area contributed by atoms with E-state index in [0.29, 0.717) is 6.04 Å². The molecule has 1 aliphatic rings. The van der Waals surface area contributed by atoms with Gasteiger partial charge in [-0.1, -0.05) is 0 Å². The van der Waals surface area contributed by atoms with Gasteiger partial charge in [0.2, 0.25) is 5.91 Å². The Balaban J connectivity index is 1.82. The number of nitrogens with one attached hydrogen (secondary N) is 2. The number of amides is 2. The monoisotopic (exact) mass is 333 g/mol. The second-order valence-electron chi connectivity index (χ2n) is 5.82. The van der Waals surface area contributed by atoms with E-state index in [1.807, 2.05) is 13.0 Å². The van der Waals surface area contributed by atoms with Crippen molar-refractivity contribution in [3.63, 3.8) is 0 Å². The Kier molecular flexibility index (Phi) is 5.78. The van der Waals surface area contributed by atoms with Gasteiger partial charge in [-0.3, -0.25) is 9.59 Å². The van der Waals surface area contributed by atoms with Gasteiger partial charge in [0.15, 0.2) is 6.61 Å². The van der Waals surface area contributed by atoms with Crippen LogP contribution in [0.25, 0.3) is 6.08 Å². The lowest BCUT2D eigenvalue weighted by Crippen LogP contribution is -2.37. The minimum Gasteiger partial charge on any atom is -0.452 e. The second-order valence-corrected chi connectivity index (χ2v) is 5.82. The standard InChI is InChI=1S/C17H23N3O4/c1-11-8-13(12(2)20(11)14-5-6-14)4-7-17(23)24-10-16(22)19-9-15(21)18-3/h4,7-8,14H,5-6,9-10H2,1-3H3,(H,18,21)(H,19,22)/b7-4+. The number of carbonyl (C=O) groups is 3. The van der Waals surface area contributed by atoms with E-state index >= 15 is 0 Å². The Morgan fingerprint density at radius 3 is 2.62 bits per heavy atom. The third-order valence-corrected chi connectivity index (χ3v) is 3.90. The largest absolute Gasteiger partial charge is 0.452 e. The molecule has 7 nitrogen and oxygen atoms in total. The Hall–Kier alpha value is -2.57. The molecule has 0 aliphatic heterocycles. The van der Waals surface area contributed by atoms with Crippen LogP contribution in [0.1, 0.15) is 35.8 Å². The van der Waals surface area contributed by atoms with E-state index in [1.54, 1.807) is 6.08 Å². The maximum Gasteiger partial charge on any atom is 0.331 e. The summed E-state index contributed by atoms with van der Waals surface area (Å²) in [5.41, 5.74) is 3.28. The lowest BCUT2D eigenvalue weighted by Gasteiger charge is -2.06.